The molecule has 0 aliphatic heterocycles. The van der Waals surface area contributed by atoms with Crippen LogP contribution in [0.3, 0.4) is 0 Å². The van der Waals surface area contributed by atoms with Crippen LogP contribution in [-0.2, 0) is 7.05 Å². The maximum atomic E-state index is 14.2. The predicted molar refractivity (Wildman–Crippen MR) is 90.7 cm³/mol. The number of benzene rings is 2. The summed E-state index contributed by atoms with van der Waals surface area (Å²) >= 11 is 3.27. The molecule has 0 atom stereocenters. The van der Waals surface area contributed by atoms with Gasteiger partial charge in [-0.25, -0.2) is 13.2 Å². The lowest BCUT2D eigenvalue weighted by atomic mass is 10.0. The molecule has 0 spiro atoms. The lowest BCUT2D eigenvalue weighted by molar-refractivity contribution is 0.589. The summed E-state index contributed by atoms with van der Waals surface area (Å²) in [6, 6.07) is 8.15. The number of halogens is 4. The average Bonchev–Trinajstić information content (AvgIpc) is 2.78. The van der Waals surface area contributed by atoms with Gasteiger partial charge in [-0.2, -0.15) is 5.10 Å². The first kappa shape index (κ1) is 16.6. The number of rotatable bonds is 3. The molecule has 0 aliphatic rings. The van der Waals surface area contributed by atoms with Crippen LogP contribution in [0.4, 0.5) is 24.7 Å². The Kier molecular flexibility index (Phi) is 4.36. The SMILES string of the molecule is Cc1nn(C)c(Nc2c(F)cccc2Br)c1-c1c(F)cccc1F. The Balaban J connectivity index is 2.21. The summed E-state index contributed by atoms with van der Waals surface area (Å²) in [6.45, 7) is 1.64. The molecule has 1 N–H and O–H groups in total. The molecule has 0 aliphatic carbocycles. The molecule has 3 rings (SSSR count). The third-order valence-corrected chi connectivity index (χ3v) is 4.30. The van der Waals surface area contributed by atoms with Crippen LogP contribution in [-0.4, -0.2) is 9.78 Å². The van der Waals surface area contributed by atoms with Crippen molar-refractivity contribution in [1.29, 1.82) is 0 Å². The first-order valence-electron chi connectivity index (χ1n) is 7.09. The van der Waals surface area contributed by atoms with Crippen LogP contribution in [0.5, 0.6) is 0 Å². The molecule has 0 unspecified atom stereocenters. The fourth-order valence-electron chi connectivity index (χ4n) is 2.57. The van der Waals surface area contributed by atoms with E-state index in [1.54, 1.807) is 26.1 Å². The highest BCUT2D eigenvalue weighted by Crippen LogP contribution is 2.38. The predicted octanol–water partition coefficient (Wildman–Crippen LogP) is 5.32. The molecule has 0 saturated heterocycles. The number of nitrogens with zero attached hydrogens (tertiary/aromatic N) is 2. The second-order valence-electron chi connectivity index (χ2n) is 5.25. The van der Waals surface area contributed by atoms with Crippen molar-refractivity contribution >= 4 is 27.4 Å². The van der Waals surface area contributed by atoms with E-state index < -0.39 is 17.5 Å². The number of aromatic nitrogens is 2. The van der Waals surface area contributed by atoms with Gasteiger partial charge in [-0.3, -0.25) is 4.68 Å². The molecule has 3 nitrogen and oxygen atoms in total. The van der Waals surface area contributed by atoms with Crippen molar-refractivity contribution in [3.63, 3.8) is 0 Å². The van der Waals surface area contributed by atoms with Crippen molar-refractivity contribution in [3.05, 3.63) is 64.0 Å². The third-order valence-electron chi connectivity index (χ3n) is 3.64. The standard InChI is InChI=1S/C17H13BrF3N3/c1-9-14(15-11(19)6-4-7-12(15)20)17(24(2)23-9)22-16-10(18)5-3-8-13(16)21/h3-8,22H,1-2H3. The Labute approximate surface area is 145 Å². The minimum atomic E-state index is -0.707. The molecular formula is C17H13BrF3N3. The number of para-hydroxylation sites is 1. The number of hydrogen-bond donors (Lipinski definition) is 1. The smallest absolute Gasteiger partial charge is 0.147 e. The van der Waals surface area contributed by atoms with Gasteiger partial charge in [0.2, 0.25) is 0 Å². The number of hydrogen-bond acceptors (Lipinski definition) is 2. The van der Waals surface area contributed by atoms with Crippen LogP contribution in [0, 0.1) is 24.4 Å². The molecule has 2 aromatic carbocycles. The molecule has 0 bridgehead atoms. The Morgan fingerprint density at radius 2 is 1.54 bits per heavy atom. The molecule has 0 saturated carbocycles. The highest BCUT2D eigenvalue weighted by molar-refractivity contribution is 9.10. The minimum Gasteiger partial charge on any atom is -0.337 e. The van der Waals surface area contributed by atoms with Gasteiger partial charge in [0.05, 0.1) is 22.5 Å². The summed E-state index contributed by atoms with van der Waals surface area (Å²) in [5.74, 6) is -1.62. The van der Waals surface area contributed by atoms with E-state index in [1.165, 1.54) is 28.9 Å². The quantitative estimate of drug-likeness (QED) is 0.650. The van der Waals surface area contributed by atoms with E-state index in [9.17, 15) is 13.2 Å². The minimum absolute atomic E-state index is 0.165. The Bertz CT molecular complexity index is 881. The number of aryl methyl sites for hydroxylation is 2. The normalized spacial score (nSPS) is 10.9. The zero-order valence-electron chi connectivity index (χ0n) is 12.9. The third kappa shape index (κ3) is 2.80. The summed E-state index contributed by atoms with van der Waals surface area (Å²) in [4.78, 5) is 0. The molecule has 1 heterocycles. The Morgan fingerprint density at radius 3 is 2.17 bits per heavy atom. The maximum Gasteiger partial charge on any atom is 0.147 e. The molecule has 7 heteroatoms. The Hall–Kier alpha value is -2.28. The van der Waals surface area contributed by atoms with E-state index in [0.717, 1.165) is 0 Å². The van der Waals surface area contributed by atoms with E-state index in [4.69, 9.17) is 0 Å². The molecule has 124 valence electrons. The van der Waals surface area contributed by atoms with Crippen LogP contribution in [0.15, 0.2) is 40.9 Å². The number of nitrogens with one attached hydrogen (secondary N) is 1. The molecule has 24 heavy (non-hydrogen) atoms. The van der Waals surface area contributed by atoms with Gasteiger partial charge < -0.3 is 5.32 Å². The van der Waals surface area contributed by atoms with Crippen LogP contribution in [0.25, 0.3) is 11.1 Å². The van der Waals surface area contributed by atoms with Gasteiger partial charge in [0.1, 0.15) is 23.3 Å². The van der Waals surface area contributed by atoms with E-state index in [1.807, 2.05) is 0 Å². The van der Waals surface area contributed by atoms with Crippen LogP contribution in [0.1, 0.15) is 5.69 Å². The van der Waals surface area contributed by atoms with Crippen LogP contribution >= 0.6 is 15.9 Å². The van der Waals surface area contributed by atoms with Crippen molar-refractivity contribution < 1.29 is 13.2 Å². The zero-order valence-corrected chi connectivity index (χ0v) is 14.5. The van der Waals surface area contributed by atoms with Gasteiger partial charge in [0, 0.05) is 11.5 Å². The average molecular weight is 396 g/mol. The zero-order chi connectivity index (χ0) is 17.4. The molecule has 3 aromatic rings. The van der Waals surface area contributed by atoms with Crippen molar-refractivity contribution in [3.8, 4) is 11.1 Å². The van der Waals surface area contributed by atoms with Crippen molar-refractivity contribution in [2.24, 2.45) is 7.05 Å². The van der Waals surface area contributed by atoms with Gasteiger partial charge in [-0.15, -0.1) is 0 Å². The lowest BCUT2D eigenvalue weighted by Crippen LogP contribution is -2.03. The lowest BCUT2D eigenvalue weighted by Gasteiger charge is -2.13. The molecular weight excluding hydrogens is 383 g/mol. The fourth-order valence-corrected chi connectivity index (χ4v) is 3.01. The first-order valence-corrected chi connectivity index (χ1v) is 7.88. The van der Waals surface area contributed by atoms with E-state index in [2.05, 4.69) is 26.3 Å². The molecule has 0 radical (unpaired) electrons. The van der Waals surface area contributed by atoms with Crippen molar-refractivity contribution in [1.82, 2.24) is 9.78 Å². The summed E-state index contributed by atoms with van der Waals surface area (Å²) in [6.07, 6.45) is 0. The van der Waals surface area contributed by atoms with E-state index >= 15 is 0 Å². The van der Waals surface area contributed by atoms with Gasteiger partial charge in [0.25, 0.3) is 0 Å². The van der Waals surface area contributed by atoms with E-state index in [0.29, 0.717) is 16.0 Å². The highest BCUT2D eigenvalue weighted by Gasteiger charge is 2.23. The second kappa shape index (κ2) is 6.32. The van der Waals surface area contributed by atoms with E-state index in [-0.39, 0.29) is 16.8 Å². The van der Waals surface area contributed by atoms with Gasteiger partial charge in [-0.05, 0) is 47.1 Å². The monoisotopic (exact) mass is 395 g/mol. The molecule has 1 aromatic heterocycles. The largest absolute Gasteiger partial charge is 0.337 e. The summed E-state index contributed by atoms with van der Waals surface area (Å²) in [7, 11) is 1.62. The van der Waals surface area contributed by atoms with Crippen LogP contribution in [0.2, 0.25) is 0 Å². The van der Waals surface area contributed by atoms with Crippen molar-refractivity contribution in [2.45, 2.75) is 6.92 Å². The summed E-state index contributed by atoms with van der Waals surface area (Å²) < 4.78 is 44.4. The maximum absolute atomic E-state index is 14.2. The number of anilines is 2. The Morgan fingerprint density at radius 1 is 0.958 bits per heavy atom. The molecule has 0 fully saturated rings. The molecule has 0 amide bonds. The summed E-state index contributed by atoms with van der Waals surface area (Å²) in [5.41, 5.74) is 0.649. The fraction of sp³-hybridized carbons (Fsp3) is 0.118. The highest BCUT2D eigenvalue weighted by atomic mass is 79.9. The van der Waals surface area contributed by atoms with Gasteiger partial charge in [0.15, 0.2) is 0 Å². The van der Waals surface area contributed by atoms with Crippen molar-refractivity contribution in [2.75, 3.05) is 5.32 Å². The van der Waals surface area contributed by atoms with Crippen LogP contribution < -0.4 is 5.32 Å². The summed E-state index contributed by atoms with van der Waals surface area (Å²) in [5, 5.41) is 7.10. The van der Waals surface area contributed by atoms with Gasteiger partial charge in [-0.1, -0.05) is 12.1 Å². The first-order chi connectivity index (χ1) is 11.4. The van der Waals surface area contributed by atoms with Gasteiger partial charge >= 0.3 is 0 Å². The second-order valence-corrected chi connectivity index (χ2v) is 6.11. The topological polar surface area (TPSA) is 29.9 Å².